The summed E-state index contributed by atoms with van der Waals surface area (Å²) in [5, 5.41) is 8.52. The summed E-state index contributed by atoms with van der Waals surface area (Å²) < 4.78 is 2.11. The van der Waals surface area contributed by atoms with Crippen LogP contribution in [0.4, 0.5) is 0 Å². The van der Waals surface area contributed by atoms with Crippen molar-refractivity contribution in [3.63, 3.8) is 0 Å². The van der Waals surface area contributed by atoms with Crippen molar-refractivity contribution in [2.75, 3.05) is 0 Å². The lowest BCUT2D eigenvalue weighted by Gasteiger charge is -2.02. The maximum atomic E-state index is 10.4. The van der Waals surface area contributed by atoms with Gasteiger partial charge >= 0.3 is 5.97 Å². The van der Waals surface area contributed by atoms with E-state index in [-0.39, 0.29) is 6.42 Å². The van der Waals surface area contributed by atoms with Crippen LogP contribution in [0.15, 0.2) is 22.7 Å². The molecule has 0 radical (unpaired) electrons. The summed E-state index contributed by atoms with van der Waals surface area (Å²) in [6.07, 6.45) is 0.755. The third kappa shape index (κ3) is 3.64. The number of carboxylic acids is 1. The first kappa shape index (κ1) is 11.0. The van der Waals surface area contributed by atoms with Gasteiger partial charge in [-0.05, 0) is 52.8 Å². The Labute approximate surface area is 98.6 Å². The Balaban J connectivity index is 2.75. The molecule has 0 heterocycles. The Morgan fingerprint density at radius 3 is 2.85 bits per heavy atom. The van der Waals surface area contributed by atoms with E-state index in [9.17, 15) is 4.79 Å². The molecular formula is C9H8BrIO2. The molecule has 0 spiro atoms. The molecule has 0 aromatic heterocycles. The van der Waals surface area contributed by atoms with Gasteiger partial charge in [0, 0.05) is 14.5 Å². The van der Waals surface area contributed by atoms with Crippen LogP contribution in [0.1, 0.15) is 12.0 Å². The molecule has 0 fully saturated rings. The molecular weight excluding hydrogens is 347 g/mol. The number of benzene rings is 1. The summed E-state index contributed by atoms with van der Waals surface area (Å²) in [6.45, 7) is 0. The topological polar surface area (TPSA) is 37.3 Å². The SMILES string of the molecule is O=C(O)CCc1cc(I)ccc1Br. The highest BCUT2D eigenvalue weighted by atomic mass is 127. The van der Waals surface area contributed by atoms with Crippen LogP contribution in [0.25, 0.3) is 0 Å². The van der Waals surface area contributed by atoms with E-state index >= 15 is 0 Å². The summed E-state index contributed by atoms with van der Waals surface area (Å²) in [5.74, 6) is -0.759. The molecule has 0 atom stereocenters. The molecule has 0 saturated carbocycles. The number of carboxylic acid groups (broad SMARTS) is 1. The van der Waals surface area contributed by atoms with Crippen LogP contribution in [0.5, 0.6) is 0 Å². The van der Waals surface area contributed by atoms with E-state index in [0.29, 0.717) is 6.42 Å². The Morgan fingerprint density at radius 2 is 2.23 bits per heavy atom. The van der Waals surface area contributed by atoms with Gasteiger partial charge in [0.05, 0.1) is 0 Å². The van der Waals surface area contributed by atoms with Crippen LogP contribution in [-0.2, 0) is 11.2 Å². The van der Waals surface area contributed by atoms with Crippen LogP contribution in [0.3, 0.4) is 0 Å². The van der Waals surface area contributed by atoms with Crippen molar-refractivity contribution < 1.29 is 9.90 Å². The predicted molar refractivity (Wildman–Crippen MR) is 62.8 cm³/mol. The summed E-state index contributed by atoms with van der Waals surface area (Å²) in [6, 6.07) is 5.92. The van der Waals surface area contributed by atoms with E-state index in [1.165, 1.54) is 0 Å². The number of hydrogen-bond acceptors (Lipinski definition) is 1. The minimum Gasteiger partial charge on any atom is -0.481 e. The van der Waals surface area contributed by atoms with Crippen molar-refractivity contribution in [3.05, 3.63) is 31.8 Å². The molecule has 4 heteroatoms. The maximum Gasteiger partial charge on any atom is 0.303 e. The Morgan fingerprint density at radius 1 is 1.54 bits per heavy atom. The molecule has 13 heavy (non-hydrogen) atoms. The lowest BCUT2D eigenvalue weighted by molar-refractivity contribution is -0.136. The fraction of sp³-hybridized carbons (Fsp3) is 0.222. The number of rotatable bonds is 3. The van der Waals surface area contributed by atoms with Gasteiger partial charge in [-0.2, -0.15) is 0 Å². The van der Waals surface area contributed by atoms with Gasteiger partial charge in [0.1, 0.15) is 0 Å². The van der Waals surface area contributed by atoms with Gasteiger partial charge in [-0.25, -0.2) is 0 Å². The van der Waals surface area contributed by atoms with Gasteiger partial charge in [0.25, 0.3) is 0 Å². The number of hydrogen-bond donors (Lipinski definition) is 1. The molecule has 1 N–H and O–H groups in total. The second-order valence-corrected chi connectivity index (χ2v) is 4.73. The third-order valence-electron chi connectivity index (χ3n) is 1.62. The van der Waals surface area contributed by atoms with E-state index < -0.39 is 5.97 Å². The van der Waals surface area contributed by atoms with E-state index in [2.05, 4.69) is 38.5 Å². The van der Waals surface area contributed by atoms with E-state index in [1.807, 2.05) is 18.2 Å². The molecule has 2 nitrogen and oxygen atoms in total. The van der Waals surface area contributed by atoms with Crippen LogP contribution in [0.2, 0.25) is 0 Å². The van der Waals surface area contributed by atoms with Crippen molar-refractivity contribution in [1.82, 2.24) is 0 Å². The van der Waals surface area contributed by atoms with Crippen LogP contribution in [0, 0.1) is 3.57 Å². The normalized spacial score (nSPS) is 10.0. The minimum absolute atomic E-state index is 0.179. The molecule has 1 rings (SSSR count). The Kier molecular flexibility index (Phi) is 4.18. The van der Waals surface area contributed by atoms with Crippen molar-refractivity contribution in [1.29, 1.82) is 0 Å². The van der Waals surface area contributed by atoms with Gasteiger partial charge in [-0.3, -0.25) is 4.79 Å². The van der Waals surface area contributed by atoms with E-state index in [4.69, 9.17) is 5.11 Å². The summed E-state index contributed by atoms with van der Waals surface area (Å²) in [4.78, 5) is 10.4. The van der Waals surface area contributed by atoms with Crippen LogP contribution >= 0.6 is 38.5 Å². The highest BCUT2D eigenvalue weighted by Crippen LogP contribution is 2.20. The molecule has 0 aliphatic carbocycles. The lowest BCUT2D eigenvalue weighted by atomic mass is 10.1. The highest BCUT2D eigenvalue weighted by Gasteiger charge is 2.03. The first-order valence-electron chi connectivity index (χ1n) is 3.75. The average molecular weight is 355 g/mol. The molecule has 70 valence electrons. The van der Waals surface area contributed by atoms with Crippen molar-refractivity contribution in [2.24, 2.45) is 0 Å². The quantitative estimate of drug-likeness (QED) is 0.847. The van der Waals surface area contributed by atoms with Crippen molar-refractivity contribution in [3.8, 4) is 0 Å². The summed E-state index contributed by atoms with van der Waals surface area (Å²) in [5.41, 5.74) is 1.05. The van der Waals surface area contributed by atoms with Crippen molar-refractivity contribution in [2.45, 2.75) is 12.8 Å². The number of aryl methyl sites for hydroxylation is 1. The average Bonchev–Trinajstić information content (AvgIpc) is 2.06. The molecule has 1 aromatic carbocycles. The molecule has 0 amide bonds. The van der Waals surface area contributed by atoms with Crippen molar-refractivity contribution >= 4 is 44.5 Å². The molecule has 0 unspecified atom stereocenters. The number of aliphatic carboxylic acids is 1. The lowest BCUT2D eigenvalue weighted by Crippen LogP contribution is -1.98. The summed E-state index contributed by atoms with van der Waals surface area (Å²) in [7, 11) is 0. The fourth-order valence-corrected chi connectivity index (χ4v) is 1.98. The van der Waals surface area contributed by atoms with Crippen LogP contribution in [-0.4, -0.2) is 11.1 Å². The summed E-state index contributed by atoms with van der Waals surface area (Å²) >= 11 is 5.60. The minimum atomic E-state index is -0.759. The second-order valence-electron chi connectivity index (χ2n) is 2.63. The number of halogens is 2. The second kappa shape index (κ2) is 4.95. The van der Waals surface area contributed by atoms with Gasteiger partial charge < -0.3 is 5.11 Å². The van der Waals surface area contributed by atoms with Crippen LogP contribution < -0.4 is 0 Å². The third-order valence-corrected chi connectivity index (χ3v) is 3.06. The zero-order valence-corrected chi connectivity index (χ0v) is 10.5. The van der Waals surface area contributed by atoms with Gasteiger partial charge in [0.2, 0.25) is 0 Å². The Hall–Kier alpha value is -0.100. The first-order valence-corrected chi connectivity index (χ1v) is 5.62. The van der Waals surface area contributed by atoms with E-state index in [1.54, 1.807) is 0 Å². The fourth-order valence-electron chi connectivity index (χ4n) is 0.976. The number of carbonyl (C=O) groups is 1. The molecule has 0 aliphatic heterocycles. The van der Waals surface area contributed by atoms with Gasteiger partial charge in [-0.15, -0.1) is 0 Å². The molecule has 0 aliphatic rings. The van der Waals surface area contributed by atoms with Gasteiger partial charge in [0.15, 0.2) is 0 Å². The molecule has 1 aromatic rings. The highest BCUT2D eigenvalue weighted by molar-refractivity contribution is 14.1. The maximum absolute atomic E-state index is 10.4. The zero-order valence-electron chi connectivity index (χ0n) is 6.76. The largest absolute Gasteiger partial charge is 0.481 e. The monoisotopic (exact) mass is 354 g/mol. The van der Waals surface area contributed by atoms with Gasteiger partial charge in [-0.1, -0.05) is 15.9 Å². The first-order chi connectivity index (χ1) is 6.09. The molecule has 0 bridgehead atoms. The smallest absolute Gasteiger partial charge is 0.303 e. The zero-order chi connectivity index (χ0) is 9.84. The molecule has 0 saturated heterocycles. The van der Waals surface area contributed by atoms with E-state index in [0.717, 1.165) is 13.6 Å². The standard InChI is InChI=1S/C9H8BrIO2/c10-8-3-2-7(11)5-6(8)1-4-9(12)13/h2-3,5H,1,4H2,(H,12,13). The Bertz CT molecular complexity index is 325. The predicted octanol–water partition coefficient (Wildman–Crippen LogP) is 3.07.